The van der Waals surface area contributed by atoms with Crippen molar-refractivity contribution in [3.05, 3.63) is 59.7 Å². The molecule has 1 heterocycles. The molecule has 1 N–H and O–H groups in total. The molecule has 1 aliphatic heterocycles. The first kappa shape index (κ1) is 20.0. The molecule has 0 saturated carbocycles. The van der Waals surface area contributed by atoms with Crippen LogP contribution >= 0.6 is 0 Å². The Balaban J connectivity index is 1.71. The fourth-order valence-electron chi connectivity index (χ4n) is 3.36. The normalized spacial score (nSPS) is 14.7. The van der Waals surface area contributed by atoms with Gasteiger partial charge in [-0.3, -0.25) is 9.59 Å². The molecule has 2 aromatic rings. The van der Waals surface area contributed by atoms with Gasteiger partial charge < -0.3 is 19.8 Å². The Labute approximate surface area is 166 Å². The van der Waals surface area contributed by atoms with Gasteiger partial charge in [-0.25, -0.2) is 0 Å². The van der Waals surface area contributed by atoms with Gasteiger partial charge in [-0.2, -0.15) is 0 Å². The lowest BCUT2D eigenvalue weighted by Crippen LogP contribution is -2.47. The van der Waals surface area contributed by atoms with Gasteiger partial charge in [-0.15, -0.1) is 0 Å². The third kappa shape index (κ3) is 4.97. The summed E-state index contributed by atoms with van der Waals surface area (Å²) in [7, 11) is 2.07. The van der Waals surface area contributed by atoms with Crippen LogP contribution in [0, 0.1) is 0 Å². The number of rotatable bonds is 7. The molecule has 6 nitrogen and oxygen atoms in total. The maximum atomic E-state index is 12.8. The zero-order chi connectivity index (χ0) is 19.9. The third-order valence-corrected chi connectivity index (χ3v) is 5.11. The predicted molar refractivity (Wildman–Crippen MR) is 109 cm³/mol. The van der Waals surface area contributed by atoms with Gasteiger partial charge in [-0.1, -0.05) is 36.4 Å². The minimum atomic E-state index is -0.0506. The van der Waals surface area contributed by atoms with E-state index in [2.05, 4.69) is 11.9 Å². The van der Waals surface area contributed by atoms with Gasteiger partial charge in [0.05, 0.1) is 6.61 Å². The number of benzene rings is 2. The molecule has 148 valence electrons. The molecule has 1 fully saturated rings. The average Bonchev–Trinajstić information content (AvgIpc) is 2.74. The van der Waals surface area contributed by atoms with Crippen LogP contribution in [0.3, 0.4) is 0 Å². The molecule has 0 atom stereocenters. The first-order valence-corrected chi connectivity index (χ1v) is 9.58. The molecule has 1 aliphatic rings. The van der Waals surface area contributed by atoms with E-state index in [0.717, 1.165) is 49.3 Å². The second-order valence-corrected chi connectivity index (χ2v) is 7.17. The first-order valence-electron chi connectivity index (χ1n) is 9.58. The van der Waals surface area contributed by atoms with Gasteiger partial charge in [0.2, 0.25) is 6.41 Å². The van der Waals surface area contributed by atoms with Crippen molar-refractivity contribution in [2.24, 2.45) is 0 Å². The average molecular weight is 381 g/mol. The molecule has 6 heteroatoms. The van der Waals surface area contributed by atoms with E-state index in [1.807, 2.05) is 53.4 Å². The fraction of sp³-hybridized carbons (Fsp3) is 0.364. The van der Waals surface area contributed by atoms with Crippen LogP contribution in [0.2, 0.25) is 0 Å². The minimum Gasteiger partial charge on any atom is -0.395 e. The van der Waals surface area contributed by atoms with Crippen molar-refractivity contribution in [3.8, 4) is 11.1 Å². The highest BCUT2D eigenvalue weighted by Gasteiger charge is 2.20. The lowest BCUT2D eigenvalue weighted by atomic mass is 10.0. The Morgan fingerprint density at radius 1 is 1.07 bits per heavy atom. The number of hydrogen-bond donors (Lipinski definition) is 1. The van der Waals surface area contributed by atoms with Crippen molar-refractivity contribution >= 4 is 12.3 Å². The molecule has 2 aromatic carbocycles. The highest BCUT2D eigenvalue weighted by Crippen LogP contribution is 2.22. The minimum absolute atomic E-state index is 0.0506. The van der Waals surface area contributed by atoms with Crippen LogP contribution in [0.5, 0.6) is 0 Å². The maximum absolute atomic E-state index is 12.8. The van der Waals surface area contributed by atoms with Crippen LogP contribution < -0.4 is 0 Å². The SMILES string of the molecule is CN1CCN(C(=O)c2cccc(-c3ccc(CN(C=O)CCO)cc3)c2)CC1. The highest BCUT2D eigenvalue weighted by atomic mass is 16.3. The molecular formula is C22H27N3O3. The Morgan fingerprint density at radius 3 is 2.43 bits per heavy atom. The number of amides is 2. The summed E-state index contributed by atoms with van der Waals surface area (Å²) in [6.07, 6.45) is 0.748. The number of aliphatic hydroxyl groups is 1. The molecule has 1 saturated heterocycles. The standard InChI is InChI=1S/C22H27N3O3/c1-23-9-11-25(12-10-23)22(28)21-4-2-3-20(15-21)19-7-5-18(6-8-19)16-24(17-27)13-14-26/h2-8,15,17,26H,9-14,16H2,1H3. The maximum Gasteiger partial charge on any atom is 0.253 e. The van der Waals surface area contributed by atoms with Gasteiger partial charge in [0.15, 0.2) is 0 Å². The number of carbonyl (C=O) groups excluding carboxylic acids is 2. The van der Waals surface area contributed by atoms with E-state index < -0.39 is 0 Å². The van der Waals surface area contributed by atoms with Gasteiger partial charge in [0.1, 0.15) is 0 Å². The Bertz CT molecular complexity index is 799. The van der Waals surface area contributed by atoms with Gasteiger partial charge in [0.25, 0.3) is 5.91 Å². The number of nitrogens with zero attached hydrogens (tertiary/aromatic N) is 3. The Hall–Kier alpha value is -2.70. The van der Waals surface area contributed by atoms with E-state index in [-0.39, 0.29) is 12.5 Å². The summed E-state index contributed by atoms with van der Waals surface area (Å²) < 4.78 is 0. The molecule has 0 spiro atoms. The molecule has 0 aromatic heterocycles. The van der Waals surface area contributed by atoms with E-state index in [0.29, 0.717) is 18.7 Å². The van der Waals surface area contributed by atoms with Gasteiger partial charge in [0, 0.05) is 44.8 Å². The molecule has 0 unspecified atom stereocenters. The largest absolute Gasteiger partial charge is 0.395 e. The van der Waals surface area contributed by atoms with E-state index in [1.54, 1.807) is 0 Å². The summed E-state index contributed by atoms with van der Waals surface area (Å²) in [5.41, 5.74) is 3.72. The van der Waals surface area contributed by atoms with Crippen LogP contribution in [0.1, 0.15) is 15.9 Å². The van der Waals surface area contributed by atoms with Gasteiger partial charge in [-0.05, 0) is 35.9 Å². The predicted octanol–water partition coefficient (Wildman–Crippen LogP) is 1.69. The zero-order valence-electron chi connectivity index (χ0n) is 16.3. The lowest BCUT2D eigenvalue weighted by molar-refractivity contribution is -0.119. The third-order valence-electron chi connectivity index (χ3n) is 5.11. The Kier molecular flexibility index (Phi) is 6.79. The van der Waals surface area contributed by atoms with Crippen molar-refractivity contribution in [1.29, 1.82) is 0 Å². The number of aliphatic hydroxyl groups excluding tert-OH is 1. The summed E-state index contributed by atoms with van der Waals surface area (Å²) in [4.78, 5) is 29.5. The number of carbonyl (C=O) groups is 2. The molecule has 0 aliphatic carbocycles. The number of piperazine rings is 1. The van der Waals surface area contributed by atoms with Crippen LogP contribution in [0.4, 0.5) is 0 Å². The molecule has 2 amide bonds. The van der Waals surface area contributed by atoms with Crippen molar-refractivity contribution in [3.63, 3.8) is 0 Å². The number of likely N-dealkylation sites (N-methyl/N-ethyl adjacent to an activating group) is 1. The molecule has 0 bridgehead atoms. The van der Waals surface area contributed by atoms with Crippen molar-refractivity contribution in [2.45, 2.75) is 6.54 Å². The smallest absolute Gasteiger partial charge is 0.253 e. The summed E-state index contributed by atoms with van der Waals surface area (Å²) in [6.45, 7) is 4.06. The van der Waals surface area contributed by atoms with Crippen molar-refractivity contribution in [1.82, 2.24) is 14.7 Å². The van der Waals surface area contributed by atoms with Crippen molar-refractivity contribution < 1.29 is 14.7 Å². The molecular weight excluding hydrogens is 354 g/mol. The van der Waals surface area contributed by atoms with E-state index >= 15 is 0 Å². The van der Waals surface area contributed by atoms with E-state index in [9.17, 15) is 9.59 Å². The summed E-state index contributed by atoms with van der Waals surface area (Å²) in [6, 6.07) is 15.7. The lowest BCUT2D eigenvalue weighted by Gasteiger charge is -2.32. The zero-order valence-corrected chi connectivity index (χ0v) is 16.3. The van der Waals surface area contributed by atoms with E-state index in [1.165, 1.54) is 4.90 Å². The van der Waals surface area contributed by atoms with Crippen molar-refractivity contribution in [2.75, 3.05) is 46.4 Å². The number of hydrogen-bond acceptors (Lipinski definition) is 4. The second kappa shape index (κ2) is 9.48. The first-order chi connectivity index (χ1) is 13.6. The monoisotopic (exact) mass is 381 g/mol. The summed E-state index contributed by atoms with van der Waals surface area (Å²) in [5.74, 6) is 0.0807. The summed E-state index contributed by atoms with van der Waals surface area (Å²) in [5, 5.41) is 8.98. The van der Waals surface area contributed by atoms with Crippen LogP contribution in [-0.4, -0.2) is 78.5 Å². The quantitative estimate of drug-likeness (QED) is 0.742. The van der Waals surface area contributed by atoms with Gasteiger partial charge >= 0.3 is 0 Å². The van der Waals surface area contributed by atoms with Crippen LogP contribution in [0.25, 0.3) is 11.1 Å². The van der Waals surface area contributed by atoms with Crippen LogP contribution in [-0.2, 0) is 11.3 Å². The summed E-state index contributed by atoms with van der Waals surface area (Å²) >= 11 is 0. The van der Waals surface area contributed by atoms with E-state index in [4.69, 9.17) is 5.11 Å². The second-order valence-electron chi connectivity index (χ2n) is 7.17. The topological polar surface area (TPSA) is 64.1 Å². The fourth-order valence-corrected chi connectivity index (χ4v) is 3.36. The van der Waals surface area contributed by atoms with Crippen LogP contribution in [0.15, 0.2) is 48.5 Å². The highest BCUT2D eigenvalue weighted by molar-refractivity contribution is 5.95. The molecule has 28 heavy (non-hydrogen) atoms. The Morgan fingerprint density at radius 2 is 1.79 bits per heavy atom. The molecule has 0 radical (unpaired) electrons. The molecule has 3 rings (SSSR count).